The van der Waals surface area contributed by atoms with E-state index in [1.807, 2.05) is 0 Å². The van der Waals surface area contributed by atoms with Gasteiger partial charge in [-0.1, -0.05) is 0 Å². The molecule has 0 unspecified atom stereocenters. The minimum absolute atomic E-state index is 0.0981. The molecule has 0 fully saturated rings. The molecule has 0 aliphatic rings. The zero-order chi connectivity index (χ0) is 13.8. The highest BCUT2D eigenvalue weighted by atomic mass is 19.4. The van der Waals surface area contributed by atoms with Crippen molar-refractivity contribution < 1.29 is 22.4 Å². The van der Waals surface area contributed by atoms with Gasteiger partial charge in [-0.2, -0.15) is 13.2 Å². The van der Waals surface area contributed by atoms with Crippen molar-refractivity contribution >= 4 is 11.7 Å². The van der Waals surface area contributed by atoms with Crippen LogP contribution in [-0.2, 0) is 0 Å². The molecule has 0 atom stereocenters. The summed E-state index contributed by atoms with van der Waals surface area (Å²) < 4.78 is 48.6. The number of nitrogens with zero attached hydrogens (tertiary/aromatic N) is 1. The molecule has 1 rings (SSSR count). The molecule has 18 heavy (non-hydrogen) atoms. The fourth-order valence-corrected chi connectivity index (χ4v) is 1.22. The van der Waals surface area contributed by atoms with E-state index in [0.29, 0.717) is 0 Å². The smallest absolute Gasteiger partial charge is 0.372 e. The molecule has 4 nitrogen and oxygen atoms in total. The van der Waals surface area contributed by atoms with Crippen LogP contribution in [0.2, 0.25) is 0 Å². The molecule has 2 N–H and O–H groups in total. The number of rotatable bonds is 4. The summed E-state index contributed by atoms with van der Waals surface area (Å²) in [6.45, 7) is -0.567. The lowest BCUT2D eigenvalue weighted by Crippen LogP contribution is -2.28. The average Bonchev–Trinajstić information content (AvgIpc) is 2.27. The second-order valence-corrected chi connectivity index (χ2v) is 3.42. The van der Waals surface area contributed by atoms with Gasteiger partial charge in [0, 0.05) is 13.6 Å². The third-order valence-electron chi connectivity index (χ3n) is 2.03. The number of hydrogen-bond acceptors (Lipinski definition) is 3. The van der Waals surface area contributed by atoms with Gasteiger partial charge in [-0.3, -0.25) is 4.79 Å². The molecule has 0 saturated heterocycles. The number of anilines is 1. The molecule has 1 heterocycles. The maximum atomic E-state index is 12.9. The molecule has 8 heteroatoms. The van der Waals surface area contributed by atoms with Crippen molar-refractivity contribution in [3.63, 3.8) is 0 Å². The number of carbonyl (C=O) groups excluding carboxylic acids is 1. The van der Waals surface area contributed by atoms with E-state index in [1.165, 1.54) is 7.05 Å². The van der Waals surface area contributed by atoms with Crippen LogP contribution in [0, 0.1) is 5.82 Å². The van der Waals surface area contributed by atoms with Gasteiger partial charge in [0.05, 0.1) is 18.2 Å². The largest absolute Gasteiger partial charge is 0.390 e. The Morgan fingerprint density at radius 1 is 1.44 bits per heavy atom. The van der Waals surface area contributed by atoms with Crippen molar-refractivity contribution in [2.24, 2.45) is 0 Å². The third-order valence-corrected chi connectivity index (χ3v) is 2.03. The highest BCUT2D eigenvalue weighted by Crippen LogP contribution is 2.18. The van der Waals surface area contributed by atoms with Gasteiger partial charge in [0.2, 0.25) is 0 Å². The maximum Gasteiger partial charge on any atom is 0.390 e. The standard InChI is InChI=1S/C10H11F4N3O/c1-15-8-7(4-6(11)5-17-8)9(18)16-3-2-10(12,13)14/h4-5H,2-3H2,1H3,(H,15,17)(H,16,18). The zero-order valence-electron chi connectivity index (χ0n) is 9.44. The Hall–Kier alpha value is -1.86. The van der Waals surface area contributed by atoms with E-state index in [1.54, 1.807) is 0 Å². The van der Waals surface area contributed by atoms with Gasteiger partial charge < -0.3 is 10.6 Å². The van der Waals surface area contributed by atoms with E-state index in [0.717, 1.165) is 12.3 Å². The van der Waals surface area contributed by atoms with Gasteiger partial charge in [-0.05, 0) is 6.07 Å². The minimum atomic E-state index is -4.35. The second-order valence-electron chi connectivity index (χ2n) is 3.42. The Balaban J connectivity index is 2.69. The van der Waals surface area contributed by atoms with Crippen molar-refractivity contribution in [3.05, 3.63) is 23.6 Å². The number of hydrogen-bond donors (Lipinski definition) is 2. The maximum absolute atomic E-state index is 12.9. The summed E-state index contributed by atoms with van der Waals surface area (Å²) in [4.78, 5) is 15.1. The van der Waals surface area contributed by atoms with E-state index < -0.39 is 30.9 Å². The fraction of sp³-hybridized carbons (Fsp3) is 0.400. The lowest BCUT2D eigenvalue weighted by atomic mass is 10.2. The van der Waals surface area contributed by atoms with Crippen molar-refractivity contribution in [2.75, 3.05) is 18.9 Å². The topological polar surface area (TPSA) is 54.0 Å². The Morgan fingerprint density at radius 2 is 2.11 bits per heavy atom. The number of aromatic nitrogens is 1. The lowest BCUT2D eigenvalue weighted by molar-refractivity contribution is -0.132. The van der Waals surface area contributed by atoms with Crippen LogP contribution in [0.25, 0.3) is 0 Å². The van der Waals surface area contributed by atoms with Crippen LogP contribution < -0.4 is 10.6 Å². The molecule has 0 spiro atoms. The van der Waals surface area contributed by atoms with E-state index in [2.05, 4.69) is 15.6 Å². The third kappa shape index (κ3) is 4.19. The van der Waals surface area contributed by atoms with Gasteiger partial charge in [0.15, 0.2) is 0 Å². The van der Waals surface area contributed by atoms with Crippen molar-refractivity contribution in [1.29, 1.82) is 0 Å². The zero-order valence-corrected chi connectivity index (χ0v) is 9.44. The van der Waals surface area contributed by atoms with Crippen LogP contribution in [0.15, 0.2) is 12.3 Å². The fourth-order valence-electron chi connectivity index (χ4n) is 1.22. The molecule has 0 aliphatic heterocycles. The molecule has 0 bridgehead atoms. The van der Waals surface area contributed by atoms with Crippen molar-refractivity contribution in [2.45, 2.75) is 12.6 Å². The molecular formula is C10H11F4N3O. The highest BCUT2D eigenvalue weighted by Gasteiger charge is 2.26. The van der Waals surface area contributed by atoms with Gasteiger partial charge in [-0.25, -0.2) is 9.37 Å². The van der Waals surface area contributed by atoms with Gasteiger partial charge in [0.1, 0.15) is 11.6 Å². The first-order valence-corrected chi connectivity index (χ1v) is 5.01. The monoisotopic (exact) mass is 265 g/mol. The first-order valence-electron chi connectivity index (χ1n) is 5.01. The molecule has 1 amide bonds. The Kier molecular flexibility index (Phi) is 4.46. The van der Waals surface area contributed by atoms with Crippen molar-refractivity contribution in [1.82, 2.24) is 10.3 Å². The van der Waals surface area contributed by atoms with Crippen LogP contribution in [-0.4, -0.2) is 30.7 Å². The summed E-state index contributed by atoms with van der Waals surface area (Å²) in [6.07, 6.45) is -4.59. The molecule has 1 aromatic rings. The molecular weight excluding hydrogens is 254 g/mol. The number of amides is 1. The van der Waals surface area contributed by atoms with E-state index >= 15 is 0 Å². The number of nitrogens with one attached hydrogen (secondary N) is 2. The van der Waals surface area contributed by atoms with Crippen LogP contribution in [0.5, 0.6) is 0 Å². The molecule has 0 saturated carbocycles. The number of alkyl halides is 3. The molecule has 0 aliphatic carbocycles. The van der Waals surface area contributed by atoms with Gasteiger partial charge in [0.25, 0.3) is 5.91 Å². The quantitative estimate of drug-likeness (QED) is 0.818. The van der Waals surface area contributed by atoms with E-state index in [-0.39, 0.29) is 11.4 Å². The number of halogens is 4. The van der Waals surface area contributed by atoms with Crippen molar-refractivity contribution in [3.8, 4) is 0 Å². The highest BCUT2D eigenvalue weighted by molar-refractivity contribution is 5.98. The molecule has 100 valence electrons. The number of pyridine rings is 1. The SMILES string of the molecule is CNc1ncc(F)cc1C(=O)NCCC(F)(F)F. The van der Waals surface area contributed by atoms with Crippen LogP contribution in [0.3, 0.4) is 0 Å². The normalized spacial score (nSPS) is 11.2. The van der Waals surface area contributed by atoms with Gasteiger partial charge in [-0.15, -0.1) is 0 Å². The average molecular weight is 265 g/mol. The second kappa shape index (κ2) is 5.65. The summed E-state index contributed by atoms with van der Waals surface area (Å²) in [5, 5.41) is 4.60. The summed E-state index contributed by atoms with van der Waals surface area (Å²) in [7, 11) is 1.47. The van der Waals surface area contributed by atoms with Crippen LogP contribution >= 0.6 is 0 Å². The summed E-state index contributed by atoms with van der Waals surface area (Å²) in [6, 6.07) is 0.905. The Bertz CT molecular complexity index is 434. The van der Waals surface area contributed by atoms with Gasteiger partial charge >= 0.3 is 6.18 Å². The Labute approximate surface area is 100 Å². The number of carbonyl (C=O) groups is 1. The molecule has 0 radical (unpaired) electrons. The first kappa shape index (κ1) is 14.2. The lowest BCUT2D eigenvalue weighted by Gasteiger charge is -2.10. The summed E-state index contributed by atoms with van der Waals surface area (Å²) in [5.74, 6) is -1.45. The predicted molar refractivity (Wildman–Crippen MR) is 56.7 cm³/mol. The summed E-state index contributed by atoms with van der Waals surface area (Å²) >= 11 is 0. The van der Waals surface area contributed by atoms with Crippen LogP contribution in [0.1, 0.15) is 16.8 Å². The van der Waals surface area contributed by atoms with Crippen LogP contribution in [0.4, 0.5) is 23.4 Å². The minimum Gasteiger partial charge on any atom is -0.372 e. The Morgan fingerprint density at radius 3 is 2.67 bits per heavy atom. The van der Waals surface area contributed by atoms with E-state index in [9.17, 15) is 22.4 Å². The summed E-state index contributed by atoms with van der Waals surface area (Å²) in [5.41, 5.74) is -0.139. The predicted octanol–water partition coefficient (Wildman–Crippen LogP) is 1.94. The first-order chi connectivity index (χ1) is 8.33. The van der Waals surface area contributed by atoms with E-state index in [4.69, 9.17) is 0 Å². The molecule has 1 aromatic heterocycles. The molecule has 0 aromatic carbocycles.